The summed E-state index contributed by atoms with van der Waals surface area (Å²) in [7, 11) is 0. The van der Waals surface area contributed by atoms with Gasteiger partial charge in [-0.05, 0) is 57.3 Å². The van der Waals surface area contributed by atoms with Gasteiger partial charge in [-0.1, -0.05) is 171 Å². The highest BCUT2D eigenvalue weighted by atomic mass is 35.5. The predicted molar refractivity (Wildman–Crippen MR) is 263 cm³/mol. The molecule has 0 radical (unpaired) electrons. The summed E-state index contributed by atoms with van der Waals surface area (Å²) in [5.74, 6) is 7.73. The number of ether oxygens (including phenoxy) is 2. The van der Waals surface area contributed by atoms with E-state index in [0.717, 1.165) is 112 Å². The molecule has 7 aromatic rings. The number of aryl methyl sites for hydroxylation is 2. The van der Waals surface area contributed by atoms with Crippen LogP contribution in [0.5, 0.6) is 0 Å². The molecule has 13 heteroatoms. The molecule has 11 nitrogen and oxygen atoms in total. The monoisotopic (exact) mass is 909 g/mol. The third kappa shape index (κ3) is 11.7. The minimum atomic E-state index is 0.0465. The van der Waals surface area contributed by atoms with Gasteiger partial charge in [0.1, 0.15) is 17.5 Å². The second-order valence-electron chi connectivity index (χ2n) is 16.1. The van der Waals surface area contributed by atoms with Crippen LogP contribution in [0.25, 0.3) is 22.3 Å². The molecule has 65 heavy (non-hydrogen) atoms. The molecule has 336 valence electrons. The Hall–Kier alpha value is -6.24. The average Bonchev–Trinajstić information content (AvgIpc) is 3.79. The molecule has 0 aliphatic carbocycles. The van der Waals surface area contributed by atoms with Crippen molar-refractivity contribution in [3.63, 3.8) is 0 Å². The predicted octanol–water partition coefficient (Wildman–Crippen LogP) is 10.8. The van der Waals surface area contributed by atoms with Gasteiger partial charge in [0, 0.05) is 37.1 Å². The Morgan fingerprint density at radius 1 is 0.585 bits per heavy atom. The highest BCUT2D eigenvalue weighted by molar-refractivity contribution is 6.30. The van der Waals surface area contributed by atoms with Crippen LogP contribution in [-0.2, 0) is 61.8 Å². The Balaban J connectivity index is 0.994. The molecule has 0 aliphatic heterocycles. The molecule has 0 unspecified atom stereocenters. The first kappa shape index (κ1) is 46.7. The maximum Gasteiger partial charge on any atom is 0.153 e. The number of benzene rings is 5. The van der Waals surface area contributed by atoms with Gasteiger partial charge in [-0.25, -0.2) is 9.97 Å². The second kappa shape index (κ2) is 22.6. The third-order valence-electron chi connectivity index (χ3n) is 11.5. The van der Waals surface area contributed by atoms with E-state index >= 15 is 0 Å². The molecular formula is C52H57Cl2N9O2. The van der Waals surface area contributed by atoms with Crippen LogP contribution in [0, 0.1) is 5.41 Å². The van der Waals surface area contributed by atoms with Crippen LogP contribution in [0.2, 0.25) is 10.3 Å². The summed E-state index contributed by atoms with van der Waals surface area (Å²) in [5, 5.41) is 12.7. The van der Waals surface area contributed by atoms with Crippen molar-refractivity contribution in [2.75, 3.05) is 0 Å². The van der Waals surface area contributed by atoms with Crippen LogP contribution >= 0.6 is 23.2 Å². The van der Waals surface area contributed by atoms with E-state index in [-0.39, 0.29) is 11.7 Å². The average molecular weight is 911 g/mol. The lowest BCUT2D eigenvalue weighted by Crippen LogP contribution is -2.16. The van der Waals surface area contributed by atoms with E-state index in [4.69, 9.17) is 65.4 Å². The maximum absolute atomic E-state index is 8.02. The Morgan fingerprint density at radius 2 is 1.03 bits per heavy atom. The van der Waals surface area contributed by atoms with Crippen molar-refractivity contribution in [3.8, 4) is 22.3 Å². The quantitative estimate of drug-likeness (QED) is 0.0227. The van der Waals surface area contributed by atoms with Crippen molar-refractivity contribution in [3.05, 3.63) is 188 Å². The molecule has 7 N–H and O–H groups in total. The van der Waals surface area contributed by atoms with Gasteiger partial charge in [-0.3, -0.25) is 5.41 Å². The lowest BCUT2D eigenvalue weighted by Gasteiger charge is -2.15. The smallest absolute Gasteiger partial charge is 0.153 e. The minimum absolute atomic E-state index is 0.0465. The van der Waals surface area contributed by atoms with E-state index in [9.17, 15) is 0 Å². The van der Waals surface area contributed by atoms with Gasteiger partial charge in [0.25, 0.3) is 0 Å². The molecule has 0 bridgehead atoms. The van der Waals surface area contributed by atoms with Gasteiger partial charge in [0.2, 0.25) is 0 Å². The first-order valence-electron chi connectivity index (χ1n) is 22.1. The molecule has 5 aromatic carbocycles. The van der Waals surface area contributed by atoms with Gasteiger partial charge in [0.05, 0.1) is 37.8 Å². The van der Waals surface area contributed by atoms with Gasteiger partial charge in [-0.15, -0.1) is 0 Å². The Morgan fingerprint density at radius 3 is 1.48 bits per heavy atom. The van der Waals surface area contributed by atoms with Gasteiger partial charge in [0.15, 0.2) is 16.1 Å². The summed E-state index contributed by atoms with van der Waals surface area (Å²) in [4.78, 5) is 9.57. The molecule has 0 atom stereocenters. The number of nitrogen functional groups attached to an aromatic ring is 1. The van der Waals surface area contributed by atoms with Crippen molar-refractivity contribution >= 4 is 34.9 Å². The van der Waals surface area contributed by atoms with Gasteiger partial charge < -0.3 is 35.9 Å². The molecular weight excluding hydrogens is 854 g/mol. The summed E-state index contributed by atoms with van der Waals surface area (Å²) in [6.45, 7) is 6.94. The second-order valence-corrected chi connectivity index (χ2v) is 16.8. The molecule has 2 aromatic heterocycles. The lowest BCUT2D eigenvalue weighted by atomic mass is 9.98. The number of unbranched alkanes of at least 4 members (excludes halogenated alkanes) is 2. The highest BCUT2D eigenvalue weighted by Gasteiger charge is 2.19. The summed E-state index contributed by atoms with van der Waals surface area (Å²) in [5.41, 5.74) is 23.3. The van der Waals surface area contributed by atoms with E-state index in [1.54, 1.807) is 0 Å². The minimum Gasteiger partial charge on any atom is -0.384 e. The number of nitrogens with zero attached hydrogens (tertiary/aromatic N) is 5. The van der Waals surface area contributed by atoms with Crippen molar-refractivity contribution in [1.29, 1.82) is 5.41 Å². The summed E-state index contributed by atoms with van der Waals surface area (Å²) >= 11 is 13.6. The van der Waals surface area contributed by atoms with Crippen LogP contribution in [0.4, 0.5) is 0 Å². The van der Waals surface area contributed by atoms with Crippen LogP contribution in [0.15, 0.2) is 126 Å². The summed E-state index contributed by atoms with van der Waals surface area (Å²) in [6.07, 6.45) is 5.74. The number of imidazole rings is 2. The topological polar surface area (TPSA) is 168 Å². The van der Waals surface area contributed by atoms with Crippen LogP contribution in [0.3, 0.4) is 0 Å². The lowest BCUT2D eigenvalue weighted by molar-refractivity contribution is 0.0984. The van der Waals surface area contributed by atoms with Crippen molar-refractivity contribution < 1.29 is 9.47 Å². The number of hydrogen-bond acceptors (Lipinski definition) is 7. The zero-order chi connectivity index (χ0) is 45.7. The third-order valence-corrected chi connectivity index (χ3v) is 12.1. The van der Waals surface area contributed by atoms with Gasteiger partial charge >= 0.3 is 0 Å². The van der Waals surface area contributed by atoms with Crippen LogP contribution in [-0.4, -0.2) is 30.8 Å². The molecule has 0 aliphatic rings. The first-order chi connectivity index (χ1) is 31.7. The molecule has 0 saturated carbocycles. The fourth-order valence-corrected chi connectivity index (χ4v) is 8.50. The first-order valence-corrected chi connectivity index (χ1v) is 22.9. The SMILES string of the molecule is CCCCc1nc(Cl)c(COCc2cccc(COCc3c(Cl)nc(CCCC)n3Cc3ccc(-c4ccccc4/C(N)=N/N)cc3)c2)n1Cc1ccc(-c2ccccc2C(=N)N)cc1. The number of hydrogen-bond donors (Lipinski definition) is 4. The number of hydrazone groups is 1. The number of aromatic nitrogens is 4. The molecule has 2 heterocycles. The molecule has 0 amide bonds. The zero-order valence-electron chi connectivity index (χ0n) is 37.1. The number of amidine groups is 2. The summed E-state index contributed by atoms with van der Waals surface area (Å²) in [6, 6.07) is 40.5. The number of nitrogens with two attached hydrogens (primary N) is 3. The van der Waals surface area contributed by atoms with E-state index in [0.29, 0.717) is 55.4 Å². The molecule has 0 fully saturated rings. The van der Waals surface area contributed by atoms with Crippen molar-refractivity contribution in [2.24, 2.45) is 22.4 Å². The Kier molecular flexibility index (Phi) is 16.2. The fourth-order valence-electron chi connectivity index (χ4n) is 7.99. The van der Waals surface area contributed by atoms with E-state index in [1.807, 2.05) is 54.6 Å². The largest absolute Gasteiger partial charge is 0.384 e. The van der Waals surface area contributed by atoms with E-state index < -0.39 is 0 Å². The van der Waals surface area contributed by atoms with Crippen LogP contribution < -0.4 is 17.3 Å². The van der Waals surface area contributed by atoms with Crippen LogP contribution in [0.1, 0.15) is 95.9 Å². The number of halogens is 2. The molecule has 7 rings (SSSR count). The normalized spacial score (nSPS) is 11.7. The maximum atomic E-state index is 8.02. The van der Waals surface area contributed by atoms with E-state index in [2.05, 4.69) is 94.8 Å². The van der Waals surface area contributed by atoms with Gasteiger partial charge in [-0.2, -0.15) is 5.10 Å². The summed E-state index contributed by atoms with van der Waals surface area (Å²) < 4.78 is 17.1. The Labute approximate surface area is 391 Å². The van der Waals surface area contributed by atoms with Crippen molar-refractivity contribution in [2.45, 2.75) is 91.9 Å². The molecule has 0 spiro atoms. The van der Waals surface area contributed by atoms with E-state index in [1.165, 1.54) is 0 Å². The number of rotatable bonds is 22. The van der Waals surface area contributed by atoms with Crippen molar-refractivity contribution in [1.82, 2.24) is 19.1 Å². The molecule has 0 saturated heterocycles. The standard InChI is InChI=1S/C52H57Cl2N9O2/c1-3-5-18-47-59-49(53)45(62(47)29-35-20-24-39(25-21-35)41-14-7-9-16-43(41)51(55)56)33-64-31-37-12-11-13-38(28-37)32-65-34-46-50(54)60-48(19-6-4-2)63(46)30-36-22-26-40(27-23-36)42-15-8-10-17-44(42)52(57)61-58/h7-17,20-28H,3-6,18-19,29-34,58H2,1-2H3,(H3,55,56)(H2,57,61). The number of nitrogens with one attached hydrogen (secondary N) is 1. The zero-order valence-corrected chi connectivity index (χ0v) is 38.6. The fraction of sp³-hybridized carbons (Fsp3) is 0.269. The highest BCUT2D eigenvalue weighted by Crippen LogP contribution is 2.29. The Bertz CT molecular complexity index is 2720.